The zero-order valence-electron chi connectivity index (χ0n) is 13.1. The molecule has 0 aliphatic heterocycles. The minimum absolute atomic E-state index is 0.312. The number of benzene rings is 2. The minimum Gasteiger partial charge on any atom is -0.497 e. The normalized spacial score (nSPS) is 11.5. The maximum Gasteiger partial charge on any atom is 0.265 e. The molecule has 0 radical (unpaired) electrons. The molecule has 0 saturated heterocycles. The summed E-state index contributed by atoms with van der Waals surface area (Å²) in [7, 11) is 3.08. The van der Waals surface area contributed by atoms with Gasteiger partial charge in [-0.2, -0.15) is 0 Å². The lowest BCUT2D eigenvalue weighted by atomic mass is 10.2. The summed E-state index contributed by atoms with van der Waals surface area (Å²) in [6, 6.07) is 12.1. The van der Waals surface area contributed by atoms with Gasteiger partial charge in [0.25, 0.3) is 5.91 Å². The number of hydrogen-bond donors (Lipinski definition) is 1. The van der Waals surface area contributed by atoms with Crippen LogP contribution in [-0.4, -0.2) is 26.2 Å². The quantitative estimate of drug-likeness (QED) is 0.873. The molecule has 122 valence electrons. The van der Waals surface area contributed by atoms with Gasteiger partial charge in [-0.15, -0.1) is 0 Å². The third-order valence-electron chi connectivity index (χ3n) is 3.18. The molecule has 0 aromatic heterocycles. The summed E-state index contributed by atoms with van der Waals surface area (Å²) < 4.78 is 16.0. The van der Waals surface area contributed by atoms with E-state index in [9.17, 15) is 4.79 Å². The standard InChI is InChI=1S/C17H18ClNO4/c1-11(23-15-7-5-4-6-13(15)18)17(20)19-14-9-8-12(21-2)10-16(14)22-3/h4-11H,1-3H3,(H,19,20)/t11-/m1/s1. The van der Waals surface area contributed by atoms with E-state index < -0.39 is 6.10 Å². The molecule has 0 aliphatic rings. The molecule has 2 rings (SSSR count). The Bertz CT molecular complexity index is 690. The fourth-order valence-electron chi connectivity index (χ4n) is 1.92. The molecule has 1 amide bonds. The molecule has 0 spiro atoms. The van der Waals surface area contributed by atoms with Crippen LogP contribution in [0.3, 0.4) is 0 Å². The van der Waals surface area contributed by atoms with Crippen molar-refractivity contribution in [1.29, 1.82) is 0 Å². The average Bonchev–Trinajstić information content (AvgIpc) is 2.57. The summed E-state index contributed by atoms with van der Waals surface area (Å²) >= 11 is 6.02. The molecule has 0 fully saturated rings. The van der Waals surface area contributed by atoms with Crippen molar-refractivity contribution < 1.29 is 19.0 Å². The molecule has 5 nitrogen and oxygen atoms in total. The van der Waals surface area contributed by atoms with Crippen LogP contribution in [0.2, 0.25) is 5.02 Å². The molecule has 0 bridgehead atoms. The Morgan fingerprint density at radius 2 is 1.83 bits per heavy atom. The van der Waals surface area contributed by atoms with E-state index in [0.29, 0.717) is 28.0 Å². The fraction of sp³-hybridized carbons (Fsp3) is 0.235. The van der Waals surface area contributed by atoms with E-state index in [1.807, 2.05) is 0 Å². The highest BCUT2D eigenvalue weighted by Crippen LogP contribution is 2.29. The van der Waals surface area contributed by atoms with Gasteiger partial charge in [-0.05, 0) is 31.2 Å². The van der Waals surface area contributed by atoms with Gasteiger partial charge in [0.15, 0.2) is 6.10 Å². The van der Waals surface area contributed by atoms with Crippen molar-refractivity contribution in [1.82, 2.24) is 0 Å². The van der Waals surface area contributed by atoms with Crippen LogP contribution in [0.15, 0.2) is 42.5 Å². The molecule has 2 aromatic carbocycles. The number of rotatable bonds is 6. The fourth-order valence-corrected chi connectivity index (χ4v) is 2.10. The predicted molar refractivity (Wildman–Crippen MR) is 89.7 cm³/mol. The second-order valence-corrected chi connectivity index (χ2v) is 5.15. The number of nitrogens with one attached hydrogen (secondary N) is 1. The molecule has 2 aromatic rings. The number of carbonyl (C=O) groups is 1. The van der Waals surface area contributed by atoms with E-state index in [1.54, 1.807) is 56.5 Å². The van der Waals surface area contributed by atoms with Crippen molar-refractivity contribution in [3.05, 3.63) is 47.5 Å². The first-order valence-corrected chi connectivity index (χ1v) is 7.37. The molecule has 6 heteroatoms. The van der Waals surface area contributed by atoms with Gasteiger partial charge >= 0.3 is 0 Å². The van der Waals surface area contributed by atoms with Crippen molar-refractivity contribution >= 4 is 23.2 Å². The molecule has 0 saturated carbocycles. The zero-order valence-corrected chi connectivity index (χ0v) is 13.9. The predicted octanol–water partition coefficient (Wildman–Crippen LogP) is 3.76. The summed E-state index contributed by atoms with van der Waals surface area (Å²) in [5, 5.41) is 3.22. The lowest BCUT2D eigenvalue weighted by Crippen LogP contribution is -2.30. The maximum atomic E-state index is 12.3. The van der Waals surface area contributed by atoms with Crippen LogP contribution in [-0.2, 0) is 4.79 Å². The van der Waals surface area contributed by atoms with Gasteiger partial charge in [-0.25, -0.2) is 0 Å². The number of para-hydroxylation sites is 1. The average molecular weight is 336 g/mol. The van der Waals surface area contributed by atoms with Gasteiger partial charge in [-0.3, -0.25) is 4.79 Å². The van der Waals surface area contributed by atoms with Crippen LogP contribution >= 0.6 is 11.6 Å². The molecule has 0 unspecified atom stereocenters. The van der Waals surface area contributed by atoms with Gasteiger partial charge < -0.3 is 19.5 Å². The Hall–Kier alpha value is -2.40. The molecule has 0 aliphatic carbocycles. The highest BCUT2D eigenvalue weighted by atomic mass is 35.5. The van der Waals surface area contributed by atoms with Crippen LogP contribution < -0.4 is 19.5 Å². The van der Waals surface area contributed by atoms with E-state index in [2.05, 4.69) is 5.32 Å². The van der Waals surface area contributed by atoms with Crippen molar-refractivity contribution in [2.75, 3.05) is 19.5 Å². The number of ether oxygens (including phenoxy) is 3. The topological polar surface area (TPSA) is 56.8 Å². The zero-order chi connectivity index (χ0) is 16.8. The number of hydrogen-bond acceptors (Lipinski definition) is 4. The molecular formula is C17H18ClNO4. The first-order valence-electron chi connectivity index (χ1n) is 6.99. The van der Waals surface area contributed by atoms with Gasteiger partial charge in [0.2, 0.25) is 0 Å². The second-order valence-electron chi connectivity index (χ2n) is 4.75. The molecule has 1 N–H and O–H groups in total. The Labute approximate surface area is 140 Å². The Morgan fingerprint density at radius 1 is 1.09 bits per heavy atom. The van der Waals surface area contributed by atoms with Crippen LogP contribution in [0.4, 0.5) is 5.69 Å². The van der Waals surface area contributed by atoms with Crippen LogP contribution in [0, 0.1) is 0 Å². The molecule has 23 heavy (non-hydrogen) atoms. The molecule has 1 atom stereocenters. The van der Waals surface area contributed by atoms with E-state index in [4.69, 9.17) is 25.8 Å². The first-order chi connectivity index (χ1) is 11.0. The SMILES string of the molecule is COc1ccc(NC(=O)[C@@H](C)Oc2ccccc2Cl)c(OC)c1. The Morgan fingerprint density at radius 3 is 2.48 bits per heavy atom. The van der Waals surface area contributed by atoms with E-state index in [1.165, 1.54) is 7.11 Å². The third kappa shape index (κ3) is 4.29. The smallest absolute Gasteiger partial charge is 0.265 e. The van der Waals surface area contributed by atoms with Crippen molar-refractivity contribution in [2.24, 2.45) is 0 Å². The highest BCUT2D eigenvalue weighted by molar-refractivity contribution is 6.32. The summed E-state index contributed by atoms with van der Waals surface area (Å²) in [5.74, 6) is 1.29. The van der Waals surface area contributed by atoms with Crippen LogP contribution in [0.25, 0.3) is 0 Å². The number of carbonyl (C=O) groups excluding carboxylic acids is 1. The first kappa shape index (κ1) is 17.0. The monoisotopic (exact) mass is 335 g/mol. The van der Waals surface area contributed by atoms with Crippen LogP contribution in [0.1, 0.15) is 6.92 Å². The largest absolute Gasteiger partial charge is 0.497 e. The maximum absolute atomic E-state index is 12.3. The number of anilines is 1. The summed E-state index contributed by atoms with van der Waals surface area (Å²) in [6.07, 6.45) is -0.721. The summed E-state index contributed by atoms with van der Waals surface area (Å²) in [4.78, 5) is 12.3. The third-order valence-corrected chi connectivity index (χ3v) is 3.49. The highest BCUT2D eigenvalue weighted by Gasteiger charge is 2.18. The Balaban J connectivity index is 2.08. The van der Waals surface area contributed by atoms with Crippen LogP contribution in [0.5, 0.6) is 17.2 Å². The van der Waals surface area contributed by atoms with Gasteiger partial charge in [0, 0.05) is 6.07 Å². The van der Waals surface area contributed by atoms with E-state index >= 15 is 0 Å². The van der Waals surface area contributed by atoms with E-state index in [0.717, 1.165) is 0 Å². The lowest BCUT2D eigenvalue weighted by Gasteiger charge is -2.17. The van der Waals surface area contributed by atoms with Crippen molar-refractivity contribution in [3.63, 3.8) is 0 Å². The summed E-state index contributed by atoms with van der Waals surface area (Å²) in [6.45, 7) is 1.65. The molecular weight excluding hydrogens is 318 g/mol. The Kier molecular flexibility index (Phi) is 5.71. The van der Waals surface area contributed by atoms with Crippen molar-refractivity contribution in [2.45, 2.75) is 13.0 Å². The lowest BCUT2D eigenvalue weighted by molar-refractivity contribution is -0.122. The van der Waals surface area contributed by atoms with Gasteiger partial charge in [0.05, 0.1) is 24.9 Å². The van der Waals surface area contributed by atoms with Gasteiger partial charge in [-0.1, -0.05) is 23.7 Å². The molecule has 0 heterocycles. The second kappa shape index (κ2) is 7.74. The number of halogens is 1. The number of amides is 1. The van der Waals surface area contributed by atoms with Gasteiger partial charge in [0.1, 0.15) is 17.2 Å². The van der Waals surface area contributed by atoms with Crippen molar-refractivity contribution in [3.8, 4) is 17.2 Å². The minimum atomic E-state index is -0.721. The number of methoxy groups -OCH3 is 2. The summed E-state index contributed by atoms with van der Waals surface area (Å²) in [5.41, 5.74) is 0.535. The van der Waals surface area contributed by atoms with E-state index in [-0.39, 0.29) is 5.91 Å².